The number of carbonyl (C=O) groups is 1. The first-order chi connectivity index (χ1) is 9.15. The van der Waals surface area contributed by atoms with Gasteiger partial charge in [0.25, 0.3) is 5.91 Å². The summed E-state index contributed by atoms with van der Waals surface area (Å²) in [6.45, 7) is 1.99. The molecular formula is C16H17NO2. The molecule has 0 N–H and O–H groups in total. The molecule has 0 aliphatic carbocycles. The molecule has 0 saturated heterocycles. The van der Waals surface area contributed by atoms with Crippen molar-refractivity contribution >= 4 is 11.6 Å². The maximum Gasteiger partial charge on any atom is 0.261 e. The number of anilines is 1. The molecule has 1 amide bonds. The lowest BCUT2D eigenvalue weighted by atomic mass is 10.1. The minimum absolute atomic E-state index is 0.0771. The monoisotopic (exact) mass is 255 g/mol. The predicted molar refractivity (Wildman–Crippen MR) is 76.9 cm³/mol. The summed E-state index contributed by atoms with van der Waals surface area (Å²) in [6, 6.07) is 15.1. The average Bonchev–Trinajstić information content (AvgIpc) is 2.46. The molecule has 0 radical (unpaired) electrons. The predicted octanol–water partition coefficient (Wildman–Crippen LogP) is 3.28. The number of rotatable bonds is 3. The minimum Gasteiger partial charge on any atom is -0.496 e. The highest BCUT2D eigenvalue weighted by atomic mass is 16.5. The molecule has 2 aromatic rings. The van der Waals surface area contributed by atoms with Gasteiger partial charge < -0.3 is 9.64 Å². The number of aryl methyl sites for hydroxylation is 1. The summed E-state index contributed by atoms with van der Waals surface area (Å²) in [5.41, 5.74) is 2.53. The molecule has 0 saturated carbocycles. The van der Waals surface area contributed by atoms with Gasteiger partial charge >= 0.3 is 0 Å². The SMILES string of the molecule is COc1ccccc1C(=O)N(C)c1ccccc1C. The quantitative estimate of drug-likeness (QED) is 0.842. The van der Waals surface area contributed by atoms with E-state index in [4.69, 9.17) is 4.74 Å². The summed E-state index contributed by atoms with van der Waals surface area (Å²) >= 11 is 0. The van der Waals surface area contributed by atoms with Crippen LogP contribution in [0.1, 0.15) is 15.9 Å². The molecule has 98 valence electrons. The summed E-state index contributed by atoms with van der Waals surface area (Å²) in [4.78, 5) is 14.2. The van der Waals surface area contributed by atoms with E-state index in [2.05, 4.69) is 0 Å². The van der Waals surface area contributed by atoms with Crippen molar-refractivity contribution in [1.29, 1.82) is 0 Å². The van der Waals surface area contributed by atoms with Crippen LogP contribution in [0.2, 0.25) is 0 Å². The second-order valence-corrected chi connectivity index (χ2v) is 4.35. The highest BCUT2D eigenvalue weighted by Crippen LogP contribution is 2.24. The van der Waals surface area contributed by atoms with Gasteiger partial charge in [0.15, 0.2) is 0 Å². The minimum atomic E-state index is -0.0771. The Morgan fingerprint density at radius 3 is 2.37 bits per heavy atom. The van der Waals surface area contributed by atoms with Crippen LogP contribution >= 0.6 is 0 Å². The largest absolute Gasteiger partial charge is 0.496 e. The number of nitrogens with zero attached hydrogens (tertiary/aromatic N) is 1. The molecular weight excluding hydrogens is 238 g/mol. The Morgan fingerprint density at radius 1 is 1.05 bits per heavy atom. The maximum atomic E-state index is 12.5. The lowest BCUT2D eigenvalue weighted by molar-refractivity contribution is 0.0990. The lowest BCUT2D eigenvalue weighted by Crippen LogP contribution is -2.27. The second kappa shape index (κ2) is 5.57. The summed E-state index contributed by atoms with van der Waals surface area (Å²) in [5.74, 6) is 0.514. The molecule has 3 heteroatoms. The van der Waals surface area contributed by atoms with Gasteiger partial charge in [-0.3, -0.25) is 4.79 Å². The van der Waals surface area contributed by atoms with Gasteiger partial charge in [0.1, 0.15) is 5.75 Å². The molecule has 0 aromatic heterocycles. The van der Waals surface area contributed by atoms with Gasteiger partial charge in [0.2, 0.25) is 0 Å². The zero-order valence-corrected chi connectivity index (χ0v) is 11.4. The van der Waals surface area contributed by atoms with Crippen LogP contribution in [0.25, 0.3) is 0 Å². The van der Waals surface area contributed by atoms with Crippen LogP contribution in [-0.2, 0) is 0 Å². The molecule has 3 nitrogen and oxygen atoms in total. The van der Waals surface area contributed by atoms with Crippen LogP contribution in [0.3, 0.4) is 0 Å². The topological polar surface area (TPSA) is 29.5 Å². The van der Waals surface area contributed by atoms with Crippen molar-refractivity contribution in [3.8, 4) is 5.75 Å². The Balaban J connectivity index is 2.37. The van der Waals surface area contributed by atoms with E-state index in [9.17, 15) is 4.79 Å². The van der Waals surface area contributed by atoms with Crippen molar-refractivity contribution in [3.63, 3.8) is 0 Å². The van der Waals surface area contributed by atoms with Crippen LogP contribution in [0, 0.1) is 6.92 Å². The fraction of sp³-hybridized carbons (Fsp3) is 0.188. The highest BCUT2D eigenvalue weighted by Gasteiger charge is 2.18. The lowest BCUT2D eigenvalue weighted by Gasteiger charge is -2.20. The van der Waals surface area contributed by atoms with Crippen LogP contribution in [0.15, 0.2) is 48.5 Å². The third-order valence-corrected chi connectivity index (χ3v) is 3.12. The molecule has 0 aliphatic rings. The Morgan fingerprint density at radius 2 is 1.68 bits per heavy atom. The molecule has 0 fully saturated rings. The number of amides is 1. The number of methoxy groups -OCH3 is 1. The molecule has 0 unspecified atom stereocenters. The van der Waals surface area contributed by atoms with Gasteiger partial charge in [0.05, 0.1) is 12.7 Å². The van der Waals surface area contributed by atoms with Gasteiger partial charge in [-0.15, -0.1) is 0 Å². The average molecular weight is 255 g/mol. The number of benzene rings is 2. The van der Waals surface area contributed by atoms with Crippen molar-refractivity contribution < 1.29 is 9.53 Å². The summed E-state index contributed by atoms with van der Waals surface area (Å²) in [6.07, 6.45) is 0. The second-order valence-electron chi connectivity index (χ2n) is 4.35. The van der Waals surface area contributed by atoms with Crippen molar-refractivity contribution in [3.05, 3.63) is 59.7 Å². The third kappa shape index (κ3) is 2.60. The van der Waals surface area contributed by atoms with Crippen molar-refractivity contribution in [2.24, 2.45) is 0 Å². The number of para-hydroxylation sites is 2. The molecule has 0 heterocycles. The fourth-order valence-electron chi connectivity index (χ4n) is 2.05. The highest BCUT2D eigenvalue weighted by molar-refractivity contribution is 6.07. The normalized spacial score (nSPS) is 10.1. The van der Waals surface area contributed by atoms with E-state index in [1.54, 1.807) is 31.2 Å². The van der Waals surface area contributed by atoms with Gasteiger partial charge in [-0.1, -0.05) is 30.3 Å². The summed E-state index contributed by atoms with van der Waals surface area (Å²) in [5, 5.41) is 0. The Hall–Kier alpha value is -2.29. The first-order valence-electron chi connectivity index (χ1n) is 6.12. The number of hydrogen-bond acceptors (Lipinski definition) is 2. The van der Waals surface area contributed by atoms with E-state index in [1.165, 1.54) is 0 Å². The third-order valence-electron chi connectivity index (χ3n) is 3.12. The molecule has 2 aromatic carbocycles. The Labute approximate surface area is 113 Å². The van der Waals surface area contributed by atoms with Crippen LogP contribution in [0.5, 0.6) is 5.75 Å². The zero-order chi connectivity index (χ0) is 13.8. The van der Waals surface area contributed by atoms with E-state index >= 15 is 0 Å². The van der Waals surface area contributed by atoms with Crippen LogP contribution in [-0.4, -0.2) is 20.1 Å². The Kier molecular flexibility index (Phi) is 3.85. The van der Waals surface area contributed by atoms with Crippen molar-refractivity contribution in [1.82, 2.24) is 0 Å². The molecule has 0 spiro atoms. The van der Waals surface area contributed by atoms with Crippen molar-refractivity contribution in [2.75, 3.05) is 19.1 Å². The first-order valence-corrected chi connectivity index (χ1v) is 6.12. The van der Waals surface area contributed by atoms with E-state index in [0.29, 0.717) is 11.3 Å². The zero-order valence-electron chi connectivity index (χ0n) is 11.4. The molecule has 19 heavy (non-hydrogen) atoms. The standard InChI is InChI=1S/C16H17NO2/c1-12-8-4-6-10-14(12)17(2)16(18)13-9-5-7-11-15(13)19-3/h4-11H,1-3H3. The van der Waals surface area contributed by atoms with Gasteiger partial charge in [-0.2, -0.15) is 0 Å². The van der Waals surface area contributed by atoms with Gasteiger partial charge in [-0.05, 0) is 30.7 Å². The van der Waals surface area contributed by atoms with Gasteiger partial charge in [0, 0.05) is 12.7 Å². The molecule has 2 rings (SSSR count). The Bertz CT molecular complexity index is 593. The van der Waals surface area contributed by atoms with E-state index < -0.39 is 0 Å². The molecule has 0 aliphatic heterocycles. The van der Waals surface area contributed by atoms with Crippen molar-refractivity contribution in [2.45, 2.75) is 6.92 Å². The van der Waals surface area contributed by atoms with Gasteiger partial charge in [-0.25, -0.2) is 0 Å². The maximum absolute atomic E-state index is 12.5. The van der Waals surface area contributed by atoms with Crippen LogP contribution < -0.4 is 9.64 Å². The summed E-state index contributed by atoms with van der Waals surface area (Å²) in [7, 11) is 3.34. The smallest absolute Gasteiger partial charge is 0.261 e. The first kappa shape index (κ1) is 13.1. The fourth-order valence-corrected chi connectivity index (χ4v) is 2.05. The molecule has 0 bridgehead atoms. The van der Waals surface area contributed by atoms with E-state index in [-0.39, 0.29) is 5.91 Å². The molecule has 0 atom stereocenters. The van der Waals surface area contributed by atoms with Crippen LogP contribution in [0.4, 0.5) is 5.69 Å². The number of ether oxygens (including phenoxy) is 1. The summed E-state index contributed by atoms with van der Waals surface area (Å²) < 4.78 is 5.24. The number of hydrogen-bond donors (Lipinski definition) is 0. The van der Waals surface area contributed by atoms with E-state index in [1.807, 2.05) is 43.3 Å². The van der Waals surface area contributed by atoms with E-state index in [0.717, 1.165) is 11.3 Å². The number of carbonyl (C=O) groups excluding carboxylic acids is 1.